The lowest BCUT2D eigenvalue weighted by Crippen LogP contribution is -2.13. The number of aryl methyl sites for hydroxylation is 2. The second kappa shape index (κ2) is 6.60. The molecule has 0 saturated heterocycles. The molecule has 0 radical (unpaired) electrons. The first-order valence-electron chi connectivity index (χ1n) is 9.29. The van der Waals surface area contributed by atoms with Crippen LogP contribution in [-0.2, 0) is 7.05 Å². The van der Waals surface area contributed by atoms with Crippen molar-refractivity contribution in [3.63, 3.8) is 0 Å². The Kier molecular flexibility index (Phi) is 3.91. The van der Waals surface area contributed by atoms with Crippen LogP contribution < -0.4 is 5.32 Å². The first-order chi connectivity index (χ1) is 14.1. The number of nitrogens with zero attached hydrogens (tertiary/aromatic N) is 3. The van der Waals surface area contributed by atoms with Crippen molar-refractivity contribution < 1.29 is 9.21 Å². The number of carbonyl (C=O) groups excluding carboxylic acids is 1. The van der Waals surface area contributed by atoms with Gasteiger partial charge in [-0.3, -0.25) is 9.48 Å². The third-order valence-electron chi connectivity index (χ3n) is 5.02. The number of furan rings is 1. The van der Waals surface area contributed by atoms with E-state index in [1.807, 2.05) is 62.5 Å². The molecule has 6 nitrogen and oxygen atoms in total. The van der Waals surface area contributed by atoms with Gasteiger partial charge in [-0.2, -0.15) is 5.10 Å². The molecule has 0 saturated carbocycles. The number of pyridine rings is 1. The summed E-state index contributed by atoms with van der Waals surface area (Å²) in [6.07, 6.45) is 1.59. The Labute approximate surface area is 166 Å². The van der Waals surface area contributed by atoms with Gasteiger partial charge in [0.1, 0.15) is 5.69 Å². The molecule has 0 fully saturated rings. The Morgan fingerprint density at radius 2 is 1.90 bits per heavy atom. The number of fused-ring (bicyclic) bond motifs is 2. The average Bonchev–Trinajstić information content (AvgIpc) is 3.36. The van der Waals surface area contributed by atoms with Crippen LogP contribution in [0.4, 0.5) is 5.69 Å². The van der Waals surface area contributed by atoms with E-state index in [1.165, 1.54) is 0 Å². The maximum Gasteiger partial charge on any atom is 0.256 e. The van der Waals surface area contributed by atoms with Crippen molar-refractivity contribution in [3.05, 3.63) is 78.2 Å². The summed E-state index contributed by atoms with van der Waals surface area (Å²) >= 11 is 0. The molecule has 1 amide bonds. The molecule has 0 bridgehead atoms. The van der Waals surface area contributed by atoms with Crippen molar-refractivity contribution >= 4 is 33.4 Å². The Balaban J connectivity index is 1.66. The first-order valence-corrected chi connectivity index (χ1v) is 9.29. The van der Waals surface area contributed by atoms with Gasteiger partial charge in [-0.25, -0.2) is 4.98 Å². The predicted molar refractivity (Wildman–Crippen MR) is 113 cm³/mol. The molecule has 1 N–H and O–H groups in total. The standard InChI is InChI=1S/C23H18N4O2/c1-14-21-17(13-19(20-11-6-12-29-20)24-22(21)27(2)26-14)23(28)25-18-10-5-8-15-7-3-4-9-16(15)18/h3-13H,1-2H3,(H,25,28). The summed E-state index contributed by atoms with van der Waals surface area (Å²) in [6, 6.07) is 19.2. The highest BCUT2D eigenvalue weighted by Gasteiger charge is 2.20. The zero-order valence-corrected chi connectivity index (χ0v) is 16.0. The van der Waals surface area contributed by atoms with Crippen LogP contribution >= 0.6 is 0 Å². The lowest BCUT2D eigenvalue weighted by atomic mass is 10.1. The minimum absolute atomic E-state index is 0.211. The zero-order valence-electron chi connectivity index (χ0n) is 16.0. The smallest absolute Gasteiger partial charge is 0.256 e. The van der Waals surface area contributed by atoms with E-state index in [0.717, 1.165) is 27.5 Å². The Hall–Kier alpha value is -3.93. The quantitative estimate of drug-likeness (QED) is 0.480. The molecule has 3 aromatic heterocycles. The molecule has 0 aliphatic heterocycles. The van der Waals surface area contributed by atoms with Crippen molar-refractivity contribution in [2.24, 2.45) is 7.05 Å². The SMILES string of the molecule is Cc1nn(C)c2nc(-c3ccco3)cc(C(=O)Nc3cccc4ccccc34)c12. The third kappa shape index (κ3) is 2.86. The van der Waals surface area contributed by atoms with E-state index in [4.69, 9.17) is 4.42 Å². The number of amides is 1. The molecule has 0 spiro atoms. The number of carbonyl (C=O) groups is 1. The van der Waals surface area contributed by atoms with Crippen LogP contribution in [0.3, 0.4) is 0 Å². The van der Waals surface area contributed by atoms with E-state index in [0.29, 0.717) is 22.7 Å². The minimum atomic E-state index is -0.211. The highest BCUT2D eigenvalue weighted by Crippen LogP contribution is 2.29. The van der Waals surface area contributed by atoms with Gasteiger partial charge < -0.3 is 9.73 Å². The lowest BCUT2D eigenvalue weighted by molar-refractivity contribution is 0.102. The van der Waals surface area contributed by atoms with Gasteiger partial charge in [0.25, 0.3) is 5.91 Å². The highest BCUT2D eigenvalue weighted by atomic mass is 16.3. The van der Waals surface area contributed by atoms with Crippen LogP contribution in [0, 0.1) is 6.92 Å². The fraction of sp³-hybridized carbons (Fsp3) is 0.0870. The molecule has 0 aliphatic carbocycles. The number of rotatable bonds is 3. The number of benzene rings is 2. The summed E-state index contributed by atoms with van der Waals surface area (Å²) < 4.78 is 7.19. The summed E-state index contributed by atoms with van der Waals surface area (Å²) in [5, 5.41) is 10.3. The Morgan fingerprint density at radius 3 is 2.72 bits per heavy atom. The van der Waals surface area contributed by atoms with Crippen molar-refractivity contribution in [2.45, 2.75) is 6.92 Å². The normalized spacial score (nSPS) is 11.2. The van der Waals surface area contributed by atoms with Crippen LogP contribution in [0.5, 0.6) is 0 Å². The second-order valence-corrected chi connectivity index (χ2v) is 6.92. The zero-order chi connectivity index (χ0) is 20.0. The van der Waals surface area contributed by atoms with Crippen LogP contribution in [-0.4, -0.2) is 20.7 Å². The molecular weight excluding hydrogens is 364 g/mol. The van der Waals surface area contributed by atoms with Crippen molar-refractivity contribution in [1.82, 2.24) is 14.8 Å². The summed E-state index contributed by atoms with van der Waals surface area (Å²) in [5.74, 6) is 0.391. The van der Waals surface area contributed by atoms with E-state index in [-0.39, 0.29) is 5.91 Å². The summed E-state index contributed by atoms with van der Waals surface area (Å²) in [7, 11) is 1.82. The first kappa shape index (κ1) is 17.2. The van der Waals surface area contributed by atoms with Crippen LogP contribution in [0.15, 0.2) is 71.3 Å². The number of nitrogens with one attached hydrogen (secondary N) is 1. The molecule has 29 heavy (non-hydrogen) atoms. The van der Waals surface area contributed by atoms with E-state index >= 15 is 0 Å². The summed E-state index contributed by atoms with van der Waals surface area (Å²) in [5.41, 5.74) is 3.26. The van der Waals surface area contributed by atoms with Gasteiger partial charge in [0.2, 0.25) is 0 Å². The molecule has 3 heterocycles. The van der Waals surface area contributed by atoms with Gasteiger partial charge in [0.05, 0.1) is 22.9 Å². The summed E-state index contributed by atoms with van der Waals surface area (Å²) in [6.45, 7) is 1.88. The van der Waals surface area contributed by atoms with Gasteiger partial charge in [-0.15, -0.1) is 0 Å². The van der Waals surface area contributed by atoms with E-state index in [2.05, 4.69) is 15.4 Å². The number of aromatic nitrogens is 3. The van der Waals surface area contributed by atoms with Crippen molar-refractivity contribution in [1.29, 1.82) is 0 Å². The Morgan fingerprint density at radius 1 is 1.07 bits per heavy atom. The second-order valence-electron chi connectivity index (χ2n) is 6.92. The van der Waals surface area contributed by atoms with E-state index < -0.39 is 0 Å². The lowest BCUT2D eigenvalue weighted by Gasteiger charge is -2.11. The van der Waals surface area contributed by atoms with Crippen molar-refractivity contribution in [2.75, 3.05) is 5.32 Å². The molecule has 0 atom stereocenters. The van der Waals surface area contributed by atoms with E-state index in [1.54, 1.807) is 23.1 Å². The maximum absolute atomic E-state index is 13.3. The van der Waals surface area contributed by atoms with Gasteiger partial charge in [0.15, 0.2) is 11.4 Å². The van der Waals surface area contributed by atoms with Gasteiger partial charge in [0, 0.05) is 18.1 Å². The molecule has 0 unspecified atom stereocenters. The largest absolute Gasteiger partial charge is 0.463 e. The minimum Gasteiger partial charge on any atom is -0.463 e. The fourth-order valence-corrected chi connectivity index (χ4v) is 3.70. The number of hydrogen-bond donors (Lipinski definition) is 1. The molecule has 5 aromatic rings. The molecular formula is C23H18N4O2. The molecule has 2 aromatic carbocycles. The summed E-state index contributed by atoms with van der Waals surface area (Å²) in [4.78, 5) is 18.0. The highest BCUT2D eigenvalue weighted by molar-refractivity contribution is 6.15. The van der Waals surface area contributed by atoms with E-state index in [9.17, 15) is 4.79 Å². The van der Waals surface area contributed by atoms with Crippen LogP contribution in [0.1, 0.15) is 16.1 Å². The molecule has 6 heteroatoms. The molecule has 142 valence electrons. The van der Waals surface area contributed by atoms with Crippen LogP contribution in [0.25, 0.3) is 33.3 Å². The average molecular weight is 382 g/mol. The number of hydrogen-bond acceptors (Lipinski definition) is 4. The van der Waals surface area contributed by atoms with Gasteiger partial charge in [-0.05, 0) is 36.6 Å². The van der Waals surface area contributed by atoms with Crippen molar-refractivity contribution in [3.8, 4) is 11.5 Å². The molecule has 5 rings (SSSR count). The van der Waals surface area contributed by atoms with Gasteiger partial charge in [-0.1, -0.05) is 36.4 Å². The molecule has 0 aliphatic rings. The Bertz CT molecular complexity index is 1360. The van der Waals surface area contributed by atoms with Crippen LogP contribution in [0.2, 0.25) is 0 Å². The fourth-order valence-electron chi connectivity index (χ4n) is 3.70. The monoisotopic (exact) mass is 382 g/mol. The predicted octanol–water partition coefficient (Wildman–Crippen LogP) is 4.94. The maximum atomic E-state index is 13.3. The van der Waals surface area contributed by atoms with Gasteiger partial charge >= 0.3 is 0 Å². The number of anilines is 1. The topological polar surface area (TPSA) is 73.0 Å². The third-order valence-corrected chi connectivity index (χ3v) is 5.02.